The SMILES string of the molecule is CCC(N)C(C)c1cccc(C(F)(F)F)c1. The number of rotatable bonds is 3. The van der Waals surface area contributed by atoms with Crippen molar-refractivity contribution in [2.45, 2.75) is 38.4 Å². The van der Waals surface area contributed by atoms with Crippen molar-refractivity contribution in [3.8, 4) is 0 Å². The largest absolute Gasteiger partial charge is 0.416 e. The van der Waals surface area contributed by atoms with E-state index < -0.39 is 11.7 Å². The molecule has 0 amide bonds. The van der Waals surface area contributed by atoms with E-state index in [0.29, 0.717) is 5.56 Å². The molecule has 0 aliphatic rings. The maximum Gasteiger partial charge on any atom is 0.416 e. The Kier molecular flexibility index (Phi) is 3.97. The standard InChI is InChI=1S/C12H16F3N/c1-3-11(16)8(2)9-5-4-6-10(7-9)12(13,14)15/h4-8,11H,3,16H2,1-2H3. The fraction of sp³-hybridized carbons (Fsp3) is 0.500. The van der Waals surface area contributed by atoms with Gasteiger partial charge < -0.3 is 5.73 Å². The van der Waals surface area contributed by atoms with Crippen LogP contribution >= 0.6 is 0 Å². The molecule has 0 heterocycles. The van der Waals surface area contributed by atoms with Crippen molar-refractivity contribution in [3.63, 3.8) is 0 Å². The summed E-state index contributed by atoms with van der Waals surface area (Å²) in [5, 5.41) is 0. The van der Waals surface area contributed by atoms with Crippen LogP contribution < -0.4 is 5.73 Å². The zero-order chi connectivity index (χ0) is 12.3. The Morgan fingerprint density at radius 1 is 1.31 bits per heavy atom. The second-order valence-electron chi connectivity index (χ2n) is 3.98. The maximum absolute atomic E-state index is 12.5. The molecule has 2 unspecified atom stereocenters. The second-order valence-corrected chi connectivity index (χ2v) is 3.98. The van der Waals surface area contributed by atoms with E-state index >= 15 is 0 Å². The van der Waals surface area contributed by atoms with Crippen molar-refractivity contribution in [3.05, 3.63) is 35.4 Å². The fourth-order valence-electron chi connectivity index (χ4n) is 1.60. The van der Waals surface area contributed by atoms with Crippen molar-refractivity contribution in [1.82, 2.24) is 0 Å². The van der Waals surface area contributed by atoms with Crippen molar-refractivity contribution in [1.29, 1.82) is 0 Å². The molecule has 1 nitrogen and oxygen atoms in total. The highest BCUT2D eigenvalue weighted by Crippen LogP contribution is 2.31. The van der Waals surface area contributed by atoms with Gasteiger partial charge in [0.1, 0.15) is 0 Å². The molecule has 0 saturated carbocycles. The highest BCUT2D eigenvalue weighted by atomic mass is 19.4. The second kappa shape index (κ2) is 4.87. The summed E-state index contributed by atoms with van der Waals surface area (Å²) in [6.45, 7) is 3.78. The summed E-state index contributed by atoms with van der Waals surface area (Å²) >= 11 is 0. The van der Waals surface area contributed by atoms with Crippen molar-refractivity contribution in [2.75, 3.05) is 0 Å². The summed E-state index contributed by atoms with van der Waals surface area (Å²) in [4.78, 5) is 0. The van der Waals surface area contributed by atoms with Gasteiger partial charge in [0.2, 0.25) is 0 Å². The number of alkyl halides is 3. The lowest BCUT2D eigenvalue weighted by Gasteiger charge is -2.19. The highest BCUT2D eigenvalue weighted by Gasteiger charge is 2.30. The number of nitrogens with two attached hydrogens (primary N) is 1. The first kappa shape index (κ1) is 13.0. The van der Waals surface area contributed by atoms with Gasteiger partial charge in [-0.15, -0.1) is 0 Å². The molecule has 16 heavy (non-hydrogen) atoms. The first-order valence-corrected chi connectivity index (χ1v) is 5.29. The summed E-state index contributed by atoms with van der Waals surface area (Å²) in [5.41, 5.74) is 5.86. The lowest BCUT2D eigenvalue weighted by molar-refractivity contribution is -0.137. The van der Waals surface area contributed by atoms with Gasteiger partial charge in [0.05, 0.1) is 5.56 Å². The molecule has 1 aromatic rings. The number of halogens is 3. The van der Waals surface area contributed by atoms with Gasteiger partial charge in [0, 0.05) is 6.04 Å². The average Bonchev–Trinajstić information content (AvgIpc) is 2.26. The van der Waals surface area contributed by atoms with Gasteiger partial charge in [0.25, 0.3) is 0 Å². The molecule has 0 fully saturated rings. The Balaban J connectivity index is 2.99. The van der Waals surface area contributed by atoms with E-state index in [0.717, 1.165) is 12.5 Å². The van der Waals surface area contributed by atoms with Crippen LogP contribution in [-0.2, 0) is 6.18 Å². The van der Waals surface area contributed by atoms with Gasteiger partial charge in [-0.2, -0.15) is 13.2 Å². The highest BCUT2D eigenvalue weighted by molar-refractivity contribution is 5.28. The fourth-order valence-corrected chi connectivity index (χ4v) is 1.60. The Morgan fingerprint density at radius 3 is 2.44 bits per heavy atom. The van der Waals surface area contributed by atoms with Crippen molar-refractivity contribution < 1.29 is 13.2 Å². The maximum atomic E-state index is 12.5. The third kappa shape index (κ3) is 2.98. The van der Waals surface area contributed by atoms with Crippen molar-refractivity contribution >= 4 is 0 Å². The Bertz CT molecular complexity index is 346. The molecule has 1 aromatic carbocycles. The third-order valence-corrected chi connectivity index (χ3v) is 2.85. The van der Waals surface area contributed by atoms with E-state index in [1.165, 1.54) is 12.1 Å². The van der Waals surface area contributed by atoms with Gasteiger partial charge in [-0.05, 0) is 24.0 Å². The first-order chi connectivity index (χ1) is 7.36. The van der Waals surface area contributed by atoms with Gasteiger partial charge in [0.15, 0.2) is 0 Å². The van der Waals surface area contributed by atoms with E-state index in [1.54, 1.807) is 6.07 Å². The molecule has 0 spiro atoms. The molecule has 0 aliphatic carbocycles. The summed E-state index contributed by atoms with van der Waals surface area (Å²) < 4.78 is 37.4. The van der Waals surface area contributed by atoms with Crippen LogP contribution in [-0.4, -0.2) is 6.04 Å². The van der Waals surface area contributed by atoms with Crippen LogP contribution in [0.25, 0.3) is 0 Å². The summed E-state index contributed by atoms with van der Waals surface area (Å²) in [6, 6.07) is 5.27. The molecular formula is C12H16F3N. The van der Waals surface area contributed by atoms with Crippen molar-refractivity contribution in [2.24, 2.45) is 5.73 Å². The number of hydrogen-bond donors (Lipinski definition) is 1. The van der Waals surface area contributed by atoms with Crippen LogP contribution in [0.3, 0.4) is 0 Å². The van der Waals surface area contributed by atoms with Crippen LogP contribution in [0, 0.1) is 0 Å². The Morgan fingerprint density at radius 2 is 1.94 bits per heavy atom. The van der Waals surface area contributed by atoms with Gasteiger partial charge >= 0.3 is 6.18 Å². The minimum absolute atomic E-state index is 0.0627. The van der Waals surface area contributed by atoms with E-state index in [-0.39, 0.29) is 12.0 Å². The molecule has 0 aliphatic heterocycles. The van der Waals surface area contributed by atoms with Crippen LogP contribution in [0.2, 0.25) is 0 Å². The minimum Gasteiger partial charge on any atom is -0.327 e. The van der Waals surface area contributed by atoms with Gasteiger partial charge in [-0.1, -0.05) is 32.0 Å². The first-order valence-electron chi connectivity index (χ1n) is 5.29. The molecule has 2 atom stereocenters. The van der Waals surface area contributed by atoms with E-state index in [9.17, 15) is 13.2 Å². The van der Waals surface area contributed by atoms with Crippen LogP contribution in [0.1, 0.15) is 37.3 Å². The monoisotopic (exact) mass is 231 g/mol. The molecule has 0 radical (unpaired) electrons. The van der Waals surface area contributed by atoms with E-state index in [4.69, 9.17) is 5.73 Å². The van der Waals surface area contributed by atoms with E-state index in [2.05, 4.69) is 0 Å². The predicted molar refractivity (Wildman–Crippen MR) is 58.1 cm³/mol. The molecule has 2 N–H and O–H groups in total. The predicted octanol–water partition coefficient (Wildman–Crippen LogP) is 3.55. The summed E-state index contributed by atoms with van der Waals surface area (Å²) in [6.07, 6.45) is -3.54. The average molecular weight is 231 g/mol. The van der Waals surface area contributed by atoms with Crippen LogP contribution in [0.15, 0.2) is 24.3 Å². The van der Waals surface area contributed by atoms with Crippen LogP contribution in [0.5, 0.6) is 0 Å². The number of benzene rings is 1. The minimum atomic E-state index is -4.29. The summed E-state index contributed by atoms with van der Waals surface area (Å²) in [5.74, 6) is -0.0627. The zero-order valence-corrected chi connectivity index (χ0v) is 9.38. The smallest absolute Gasteiger partial charge is 0.327 e. The van der Waals surface area contributed by atoms with Crippen LogP contribution in [0.4, 0.5) is 13.2 Å². The molecule has 1 rings (SSSR count). The molecule has 0 aromatic heterocycles. The molecule has 90 valence electrons. The quantitative estimate of drug-likeness (QED) is 0.845. The molecule has 0 bridgehead atoms. The Hall–Kier alpha value is -1.03. The van der Waals surface area contributed by atoms with Gasteiger partial charge in [-0.25, -0.2) is 0 Å². The zero-order valence-electron chi connectivity index (χ0n) is 9.38. The topological polar surface area (TPSA) is 26.0 Å². The van der Waals surface area contributed by atoms with Gasteiger partial charge in [-0.3, -0.25) is 0 Å². The Labute approximate surface area is 93.5 Å². The lowest BCUT2D eigenvalue weighted by Crippen LogP contribution is -2.25. The lowest BCUT2D eigenvalue weighted by atomic mass is 9.91. The number of hydrogen-bond acceptors (Lipinski definition) is 1. The normalized spacial score (nSPS) is 15.9. The summed E-state index contributed by atoms with van der Waals surface area (Å²) in [7, 11) is 0. The third-order valence-electron chi connectivity index (χ3n) is 2.85. The molecule has 0 saturated heterocycles. The van der Waals surface area contributed by atoms with E-state index in [1.807, 2.05) is 13.8 Å². The molecule has 4 heteroatoms. The molecular weight excluding hydrogens is 215 g/mol.